The van der Waals surface area contributed by atoms with Gasteiger partial charge in [0.25, 0.3) is 5.56 Å². The van der Waals surface area contributed by atoms with Crippen LogP contribution in [0.2, 0.25) is 0 Å². The molecule has 4 N–H and O–H groups in total. The Kier molecular flexibility index (Phi) is 5.52. The van der Waals surface area contributed by atoms with Gasteiger partial charge in [0.15, 0.2) is 0 Å². The Balaban J connectivity index is 1.47. The van der Waals surface area contributed by atoms with E-state index in [2.05, 4.69) is 36.6 Å². The van der Waals surface area contributed by atoms with E-state index in [4.69, 9.17) is 4.98 Å². The quantitative estimate of drug-likeness (QED) is 0.494. The van der Waals surface area contributed by atoms with Crippen molar-refractivity contribution in [3.63, 3.8) is 0 Å². The van der Waals surface area contributed by atoms with Crippen molar-refractivity contribution in [3.05, 3.63) is 46.0 Å². The van der Waals surface area contributed by atoms with Crippen LogP contribution >= 0.6 is 0 Å². The molecular weight excluding hydrogens is 394 g/mol. The second-order valence-electron chi connectivity index (χ2n) is 8.22. The molecule has 4 heterocycles. The van der Waals surface area contributed by atoms with E-state index in [-0.39, 0.29) is 12.2 Å². The van der Waals surface area contributed by atoms with Gasteiger partial charge in [-0.05, 0) is 31.0 Å². The minimum Gasteiger partial charge on any atom is -0.391 e. The fourth-order valence-corrected chi connectivity index (χ4v) is 4.52. The predicted molar refractivity (Wildman–Crippen MR) is 120 cm³/mol. The molecule has 9 heteroatoms. The van der Waals surface area contributed by atoms with Crippen molar-refractivity contribution in [3.8, 4) is 0 Å². The average Bonchev–Trinajstić information content (AvgIpc) is 3.34. The molecule has 1 aliphatic heterocycles. The van der Waals surface area contributed by atoms with Crippen molar-refractivity contribution in [2.45, 2.75) is 38.2 Å². The van der Waals surface area contributed by atoms with Crippen LogP contribution in [-0.4, -0.2) is 51.2 Å². The summed E-state index contributed by atoms with van der Waals surface area (Å²) >= 11 is 0. The Morgan fingerprint density at radius 3 is 2.68 bits per heavy atom. The van der Waals surface area contributed by atoms with Gasteiger partial charge in [0.05, 0.1) is 24.2 Å². The second-order valence-corrected chi connectivity index (χ2v) is 8.22. The van der Waals surface area contributed by atoms with Gasteiger partial charge >= 0.3 is 0 Å². The normalized spacial score (nSPS) is 17.4. The maximum absolute atomic E-state index is 12.2. The molecule has 1 saturated heterocycles. The van der Waals surface area contributed by atoms with Crippen LogP contribution in [0.4, 0.5) is 17.5 Å². The van der Waals surface area contributed by atoms with Crippen LogP contribution in [0.1, 0.15) is 42.9 Å². The minimum atomic E-state index is -0.324. The SMILES string of the molecule is O=c1[nH]c2nc(Nc3ccc(N4CCNCC4)cn3)nc(C3CCCC3)c2cc1CO. The number of pyridine rings is 2. The monoisotopic (exact) mass is 421 g/mol. The third-order valence-electron chi connectivity index (χ3n) is 6.20. The lowest BCUT2D eigenvalue weighted by Crippen LogP contribution is -2.43. The molecule has 0 aromatic carbocycles. The van der Waals surface area contributed by atoms with Crippen LogP contribution in [0.15, 0.2) is 29.2 Å². The molecule has 31 heavy (non-hydrogen) atoms. The number of piperazine rings is 1. The van der Waals surface area contributed by atoms with Crippen molar-refractivity contribution in [2.24, 2.45) is 0 Å². The van der Waals surface area contributed by atoms with Crippen LogP contribution in [0.25, 0.3) is 11.0 Å². The second kappa shape index (κ2) is 8.60. The smallest absolute Gasteiger partial charge is 0.255 e. The van der Waals surface area contributed by atoms with E-state index in [1.165, 1.54) is 12.8 Å². The third-order valence-corrected chi connectivity index (χ3v) is 6.20. The topological polar surface area (TPSA) is 119 Å². The molecule has 0 radical (unpaired) electrons. The first kappa shape index (κ1) is 19.9. The van der Waals surface area contributed by atoms with Crippen molar-refractivity contribution >= 4 is 28.5 Å². The number of aromatic amines is 1. The Morgan fingerprint density at radius 1 is 1.16 bits per heavy atom. The van der Waals surface area contributed by atoms with Crippen molar-refractivity contribution in [2.75, 3.05) is 36.4 Å². The van der Waals surface area contributed by atoms with E-state index in [0.717, 1.165) is 55.8 Å². The summed E-state index contributed by atoms with van der Waals surface area (Å²) in [6, 6.07) is 5.71. The van der Waals surface area contributed by atoms with Gasteiger partial charge in [0.2, 0.25) is 5.95 Å². The van der Waals surface area contributed by atoms with Gasteiger partial charge in [-0.1, -0.05) is 12.8 Å². The first-order valence-electron chi connectivity index (χ1n) is 10.9. The number of nitrogens with zero attached hydrogens (tertiary/aromatic N) is 4. The van der Waals surface area contributed by atoms with E-state index in [1.807, 2.05) is 12.3 Å². The highest BCUT2D eigenvalue weighted by atomic mass is 16.3. The lowest BCUT2D eigenvalue weighted by atomic mass is 10.00. The zero-order valence-electron chi connectivity index (χ0n) is 17.4. The largest absolute Gasteiger partial charge is 0.391 e. The molecule has 0 amide bonds. The molecule has 0 atom stereocenters. The van der Waals surface area contributed by atoms with Crippen molar-refractivity contribution < 1.29 is 5.11 Å². The molecule has 0 unspecified atom stereocenters. The third kappa shape index (κ3) is 4.11. The summed E-state index contributed by atoms with van der Waals surface area (Å²) in [5.41, 5.74) is 2.52. The average molecular weight is 422 g/mol. The Morgan fingerprint density at radius 2 is 1.97 bits per heavy atom. The highest BCUT2D eigenvalue weighted by Crippen LogP contribution is 2.36. The Labute approximate surface area is 180 Å². The highest BCUT2D eigenvalue weighted by Gasteiger charge is 2.23. The highest BCUT2D eigenvalue weighted by molar-refractivity contribution is 5.80. The van der Waals surface area contributed by atoms with Gasteiger partial charge in [-0.3, -0.25) is 4.79 Å². The van der Waals surface area contributed by atoms with E-state index < -0.39 is 0 Å². The number of rotatable bonds is 5. The van der Waals surface area contributed by atoms with Crippen molar-refractivity contribution in [1.29, 1.82) is 0 Å². The molecule has 1 saturated carbocycles. The maximum atomic E-state index is 12.2. The summed E-state index contributed by atoms with van der Waals surface area (Å²) in [5, 5.41) is 16.9. The number of H-pyrrole nitrogens is 1. The number of nitrogens with one attached hydrogen (secondary N) is 3. The summed E-state index contributed by atoms with van der Waals surface area (Å²) in [7, 11) is 0. The van der Waals surface area contributed by atoms with Crippen LogP contribution in [0.3, 0.4) is 0 Å². The standard InChI is InChI=1S/C22H27N7O2/c30-13-15-11-17-19(14-3-1-2-4-14)26-22(28-20(17)27-21(15)31)25-18-6-5-16(12-24-18)29-9-7-23-8-10-29/h5-6,11-12,14,23,30H,1-4,7-10,13H2,(H2,24,25,26,27,28,31). The van der Waals surface area contributed by atoms with E-state index in [9.17, 15) is 9.90 Å². The van der Waals surface area contributed by atoms with Gasteiger partial charge in [0.1, 0.15) is 11.5 Å². The molecule has 9 nitrogen and oxygen atoms in total. The van der Waals surface area contributed by atoms with Crippen LogP contribution < -0.4 is 21.1 Å². The Hall–Kier alpha value is -3.04. The summed E-state index contributed by atoms with van der Waals surface area (Å²) in [5.74, 6) is 1.40. The molecule has 5 rings (SSSR count). The summed E-state index contributed by atoms with van der Waals surface area (Å²) in [4.78, 5) is 31.2. The van der Waals surface area contributed by atoms with Crippen LogP contribution in [0, 0.1) is 0 Å². The molecule has 3 aromatic heterocycles. The van der Waals surface area contributed by atoms with E-state index in [1.54, 1.807) is 6.07 Å². The zero-order valence-corrected chi connectivity index (χ0v) is 17.4. The molecule has 162 valence electrons. The number of aliphatic hydroxyl groups is 1. The number of fused-ring (bicyclic) bond motifs is 1. The minimum absolute atomic E-state index is 0.307. The predicted octanol–water partition coefficient (Wildman–Crippen LogP) is 2.02. The van der Waals surface area contributed by atoms with Gasteiger partial charge in [-0.25, -0.2) is 9.97 Å². The van der Waals surface area contributed by atoms with Gasteiger partial charge < -0.3 is 25.6 Å². The lowest BCUT2D eigenvalue weighted by molar-refractivity contribution is 0.280. The van der Waals surface area contributed by atoms with E-state index >= 15 is 0 Å². The van der Waals surface area contributed by atoms with Gasteiger partial charge in [-0.2, -0.15) is 4.98 Å². The van der Waals surface area contributed by atoms with E-state index in [0.29, 0.717) is 28.9 Å². The van der Waals surface area contributed by atoms with Crippen LogP contribution in [0.5, 0.6) is 0 Å². The van der Waals surface area contributed by atoms with Crippen molar-refractivity contribution in [1.82, 2.24) is 25.3 Å². The molecule has 2 fully saturated rings. The van der Waals surface area contributed by atoms with Crippen LogP contribution in [-0.2, 0) is 6.61 Å². The molecule has 0 bridgehead atoms. The zero-order chi connectivity index (χ0) is 21.2. The molecular formula is C22H27N7O2. The first-order valence-corrected chi connectivity index (χ1v) is 10.9. The summed E-state index contributed by atoms with van der Waals surface area (Å²) in [6.07, 6.45) is 6.34. The summed E-state index contributed by atoms with van der Waals surface area (Å²) < 4.78 is 0. The Bertz CT molecular complexity index is 1120. The number of hydrogen-bond acceptors (Lipinski definition) is 8. The molecule has 2 aliphatic rings. The fraction of sp³-hybridized carbons (Fsp3) is 0.455. The number of anilines is 3. The van der Waals surface area contributed by atoms with Gasteiger partial charge in [0, 0.05) is 43.0 Å². The molecule has 0 spiro atoms. The lowest BCUT2D eigenvalue weighted by Gasteiger charge is -2.29. The van der Waals surface area contributed by atoms with Gasteiger partial charge in [-0.15, -0.1) is 0 Å². The number of aliphatic hydroxyl groups excluding tert-OH is 1. The fourth-order valence-electron chi connectivity index (χ4n) is 4.52. The number of hydrogen-bond donors (Lipinski definition) is 4. The first-order chi connectivity index (χ1) is 15.2. The molecule has 1 aliphatic carbocycles. The molecule has 3 aromatic rings. The maximum Gasteiger partial charge on any atom is 0.255 e. The number of aromatic nitrogens is 4. The summed E-state index contributed by atoms with van der Waals surface area (Å²) in [6.45, 7) is 3.58.